The molecule has 0 spiro atoms. The van der Waals surface area contributed by atoms with Crippen LogP contribution in [0.2, 0.25) is 0 Å². The molecule has 0 amide bonds. The van der Waals surface area contributed by atoms with E-state index >= 15 is 0 Å². The summed E-state index contributed by atoms with van der Waals surface area (Å²) in [6, 6.07) is 7.23. The zero-order valence-corrected chi connectivity index (χ0v) is 10.8. The minimum Gasteiger partial charge on any atom is -0.497 e. The third-order valence-electron chi connectivity index (χ3n) is 2.76. The summed E-state index contributed by atoms with van der Waals surface area (Å²) in [7, 11) is 1.29. The van der Waals surface area contributed by atoms with Crippen molar-refractivity contribution in [2.24, 2.45) is 0 Å². The highest BCUT2D eigenvalue weighted by molar-refractivity contribution is 5.87. The maximum absolute atomic E-state index is 13.0. The summed E-state index contributed by atoms with van der Waals surface area (Å²) in [5.74, 6) is -1.23. The number of methoxy groups -OCH3 is 1. The maximum Gasteiger partial charge on any atom is 0.417 e. The molecule has 0 saturated carbocycles. The van der Waals surface area contributed by atoms with Crippen LogP contribution in [0.3, 0.4) is 0 Å². The number of hydrogen-bond acceptors (Lipinski definition) is 3. The number of halogens is 3. The third-order valence-corrected chi connectivity index (χ3v) is 2.76. The van der Waals surface area contributed by atoms with Crippen molar-refractivity contribution >= 4 is 5.97 Å². The van der Waals surface area contributed by atoms with Crippen molar-refractivity contribution in [1.82, 2.24) is 4.98 Å². The van der Waals surface area contributed by atoms with Crippen LogP contribution in [0, 0.1) is 0 Å². The Morgan fingerprint density at radius 2 is 1.90 bits per heavy atom. The number of aromatic carboxylic acids is 1. The van der Waals surface area contributed by atoms with Gasteiger partial charge in [-0.15, -0.1) is 0 Å². The van der Waals surface area contributed by atoms with Gasteiger partial charge in [0.1, 0.15) is 5.75 Å². The van der Waals surface area contributed by atoms with E-state index in [1.165, 1.54) is 31.4 Å². The number of nitrogens with zero attached hydrogens (tertiary/aromatic N) is 1. The van der Waals surface area contributed by atoms with Gasteiger partial charge in [-0.3, -0.25) is 0 Å². The van der Waals surface area contributed by atoms with Gasteiger partial charge in [-0.25, -0.2) is 9.78 Å². The van der Waals surface area contributed by atoms with Crippen molar-refractivity contribution in [3.8, 4) is 17.0 Å². The quantitative estimate of drug-likeness (QED) is 0.942. The number of hydrogen-bond donors (Lipinski definition) is 1. The van der Waals surface area contributed by atoms with Gasteiger partial charge in [-0.2, -0.15) is 13.2 Å². The second kappa shape index (κ2) is 5.43. The minimum absolute atomic E-state index is 0.111. The number of rotatable bonds is 3. The molecule has 2 aromatic rings. The number of pyridine rings is 1. The smallest absolute Gasteiger partial charge is 0.417 e. The molecular formula is C14H10F3NO3. The van der Waals surface area contributed by atoms with Gasteiger partial charge in [-0.05, 0) is 6.07 Å². The Hall–Kier alpha value is -2.57. The lowest BCUT2D eigenvalue weighted by Crippen LogP contribution is -2.08. The predicted octanol–water partition coefficient (Wildman–Crippen LogP) is 3.47. The second-order valence-corrected chi connectivity index (χ2v) is 4.13. The highest BCUT2D eigenvalue weighted by atomic mass is 19.4. The van der Waals surface area contributed by atoms with Crippen LogP contribution in [0.15, 0.2) is 36.4 Å². The molecule has 110 valence electrons. The van der Waals surface area contributed by atoms with E-state index in [2.05, 4.69) is 4.98 Å². The molecule has 0 fully saturated rings. The van der Waals surface area contributed by atoms with E-state index in [0.717, 1.165) is 12.1 Å². The fourth-order valence-corrected chi connectivity index (χ4v) is 1.82. The zero-order valence-electron chi connectivity index (χ0n) is 10.8. The van der Waals surface area contributed by atoms with Gasteiger partial charge in [0.2, 0.25) is 0 Å². The van der Waals surface area contributed by atoms with E-state index in [9.17, 15) is 18.0 Å². The first-order valence-electron chi connectivity index (χ1n) is 5.79. The molecular weight excluding hydrogens is 287 g/mol. The minimum atomic E-state index is -4.56. The molecule has 0 atom stereocenters. The Balaban J connectivity index is 2.67. The zero-order chi connectivity index (χ0) is 15.6. The number of alkyl halides is 3. The normalized spacial score (nSPS) is 11.2. The fourth-order valence-electron chi connectivity index (χ4n) is 1.82. The summed E-state index contributed by atoms with van der Waals surface area (Å²) in [4.78, 5) is 14.7. The number of carboxylic acid groups (broad SMARTS) is 1. The highest BCUT2D eigenvalue weighted by Crippen LogP contribution is 2.37. The molecule has 0 bridgehead atoms. The predicted molar refractivity (Wildman–Crippen MR) is 68.2 cm³/mol. The van der Waals surface area contributed by atoms with E-state index in [0.29, 0.717) is 0 Å². The van der Waals surface area contributed by atoms with E-state index < -0.39 is 17.7 Å². The van der Waals surface area contributed by atoms with Crippen molar-refractivity contribution in [2.45, 2.75) is 6.18 Å². The summed E-state index contributed by atoms with van der Waals surface area (Å²) in [5.41, 5.74) is -1.59. The van der Waals surface area contributed by atoms with Crippen molar-refractivity contribution < 1.29 is 27.8 Å². The maximum atomic E-state index is 13.0. The van der Waals surface area contributed by atoms with Crippen LogP contribution < -0.4 is 4.74 Å². The number of carbonyl (C=O) groups is 1. The molecule has 1 heterocycles. The standard InChI is InChI=1S/C14H10F3NO3/c1-21-8-6-11(18-12(7-8)13(19)20)9-4-2-3-5-10(9)14(15,16)17/h2-7H,1H3,(H,19,20). The van der Waals surface area contributed by atoms with Gasteiger partial charge in [-0.1, -0.05) is 18.2 Å². The molecule has 0 aliphatic carbocycles. The summed E-state index contributed by atoms with van der Waals surface area (Å²) in [6.45, 7) is 0. The molecule has 1 N–H and O–H groups in total. The molecule has 0 aliphatic heterocycles. The average Bonchev–Trinajstić information content (AvgIpc) is 2.45. The number of benzene rings is 1. The average molecular weight is 297 g/mol. The van der Waals surface area contributed by atoms with Crippen LogP contribution in [0.4, 0.5) is 13.2 Å². The largest absolute Gasteiger partial charge is 0.497 e. The molecule has 7 heteroatoms. The molecule has 0 radical (unpaired) electrons. The SMILES string of the molecule is COc1cc(C(=O)O)nc(-c2ccccc2C(F)(F)F)c1. The molecule has 0 aliphatic rings. The Kier molecular flexibility index (Phi) is 3.84. The Morgan fingerprint density at radius 3 is 2.48 bits per heavy atom. The summed E-state index contributed by atoms with van der Waals surface area (Å²) >= 11 is 0. The first-order chi connectivity index (χ1) is 9.82. The Bertz CT molecular complexity index is 683. The lowest BCUT2D eigenvalue weighted by molar-refractivity contribution is -0.137. The number of carboxylic acids is 1. The van der Waals surface area contributed by atoms with Crippen molar-refractivity contribution in [3.05, 3.63) is 47.7 Å². The summed E-state index contributed by atoms with van der Waals surface area (Å²) < 4.78 is 43.9. The van der Waals surface area contributed by atoms with Crippen LogP contribution >= 0.6 is 0 Å². The van der Waals surface area contributed by atoms with Crippen LogP contribution in [-0.4, -0.2) is 23.2 Å². The van der Waals surface area contributed by atoms with Gasteiger partial charge >= 0.3 is 12.1 Å². The van der Waals surface area contributed by atoms with E-state index in [1.807, 2.05) is 0 Å². The highest BCUT2D eigenvalue weighted by Gasteiger charge is 2.33. The van der Waals surface area contributed by atoms with Crippen molar-refractivity contribution in [3.63, 3.8) is 0 Å². The van der Waals surface area contributed by atoms with E-state index in [1.54, 1.807) is 0 Å². The van der Waals surface area contributed by atoms with E-state index in [4.69, 9.17) is 9.84 Å². The van der Waals surface area contributed by atoms with Crippen LogP contribution in [-0.2, 0) is 6.18 Å². The lowest BCUT2D eigenvalue weighted by Gasteiger charge is -2.13. The monoisotopic (exact) mass is 297 g/mol. The topological polar surface area (TPSA) is 59.4 Å². The lowest BCUT2D eigenvalue weighted by atomic mass is 10.0. The number of ether oxygens (including phenoxy) is 1. The molecule has 1 aromatic heterocycles. The Labute approximate surface area is 117 Å². The molecule has 4 nitrogen and oxygen atoms in total. The Morgan fingerprint density at radius 1 is 1.24 bits per heavy atom. The summed E-state index contributed by atoms with van der Waals surface area (Å²) in [5, 5.41) is 8.97. The first kappa shape index (κ1) is 14.8. The van der Waals surface area contributed by atoms with Gasteiger partial charge < -0.3 is 9.84 Å². The fraction of sp³-hybridized carbons (Fsp3) is 0.143. The second-order valence-electron chi connectivity index (χ2n) is 4.13. The molecule has 0 saturated heterocycles. The van der Waals surface area contributed by atoms with Gasteiger partial charge in [0.25, 0.3) is 0 Å². The molecule has 1 aromatic carbocycles. The van der Waals surface area contributed by atoms with Crippen LogP contribution in [0.5, 0.6) is 5.75 Å². The number of aromatic nitrogens is 1. The molecule has 2 rings (SSSR count). The van der Waals surface area contributed by atoms with Crippen molar-refractivity contribution in [1.29, 1.82) is 0 Å². The molecule has 0 unspecified atom stereocenters. The third kappa shape index (κ3) is 3.13. The van der Waals surface area contributed by atoms with Crippen LogP contribution in [0.1, 0.15) is 16.1 Å². The van der Waals surface area contributed by atoms with Crippen LogP contribution in [0.25, 0.3) is 11.3 Å². The van der Waals surface area contributed by atoms with Crippen molar-refractivity contribution in [2.75, 3.05) is 7.11 Å². The summed E-state index contributed by atoms with van der Waals surface area (Å²) in [6.07, 6.45) is -4.56. The van der Waals surface area contributed by atoms with Gasteiger partial charge in [0.15, 0.2) is 5.69 Å². The van der Waals surface area contributed by atoms with Gasteiger partial charge in [0, 0.05) is 17.7 Å². The van der Waals surface area contributed by atoms with E-state index in [-0.39, 0.29) is 22.7 Å². The van der Waals surface area contributed by atoms with Gasteiger partial charge in [0.05, 0.1) is 18.4 Å². The first-order valence-corrected chi connectivity index (χ1v) is 5.79. The molecule has 21 heavy (non-hydrogen) atoms.